The van der Waals surface area contributed by atoms with Crippen LogP contribution in [-0.4, -0.2) is 40.8 Å². The molecule has 1 rings (SSSR count). The van der Waals surface area contributed by atoms with Crippen molar-refractivity contribution in [3.8, 4) is 0 Å². The standard InChI is InChI=1S/C16H22N2O6/c1-16(2,3)24-14(21)12(11(17)13(19)20)18-15(22)23-9-10-7-5-4-6-8-10/h4-8,11-12H,9,17H2,1-3H3,(H,18,22)(H,19,20). The van der Waals surface area contributed by atoms with E-state index in [0.717, 1.165) is 5.56 Å². The van der Waals surface area contributed by atoms with Crippen LogP contribution in [-0.2, 0) is 25.7 Å². The highest BCUT2D eigenvalue weighted by Gasteiger charge is 2.36. The molecule has 0 spiro atoms. The van der Waals surface area contributed by atoms with Crippen LogP contribution in [0.2, 0.25) is 0 Å². The fraction of sp³-hybridized carbons (Fsp3) is 0.438. The molecule has 0 fully saturated rings. The second kappa shape index (κ2) is 8.30. The van der Waals surface area contributed by atoms with Gasteiger partial charge < -0.3 is 25.6 Å². The summed E-state index contributed by atoms with van der Waals surface area (Å²) in [6.07, 6.45) is -0.966. The fourth-order valence-corrected chi connectivity index (χ4v) is 1.69. The monoisotopic (exact) mass is 338 g/mol. The smallest absolute Gasteiger partial charge is 0.408 e. The molecule has 1 amide bonds. The van der Waals surface area contributed by atoms with Crippen LogP contribution >= 0.6 is 0 Å². The Hall–Kier alpha value is -2.61. The van der Waals surface area contributed by atoms with E-state index in [4.69, 9.17) is 20.3 Å². The number of hydrogen-bond acceptors (Lipinski definition) is 6. The van der Waals surface area contributed by atoms with Gasteiger partial charge in [-0.05, 0) is 26.3 Å². The van der Waals surface area contributed by atoms with E-state index in [0.29, 0.717) is 0 Å². The van der Waals surface area contributed by atoms with Gasteiger partial charge in [-0.3, -0.25) is 4.79 Å². The number of ether oxygens (including phenoxy) is 2. The molecule has 0 radical (unpaired) electrons. The summed E-state index contributed by atoms with van der Waals surface area (Å²) in [5, 5.41) is 11.1. The predicted molar refractivity (Wildman–Crippen MR) is 85.0 cm³/mol. The van der Waals surface area contributed by atoms with Gasteiger partial charge in [0, 0.05) is 0 Å². The fourth-order valence-electron chi connectivity index (χ4n) is 1.69. The summed E-state index contributed by atoms with van der Waals surface area (Å²) >= 11 is 0. The van der Waals surface area contributed by atoms with Gasteiger partial charge in [-0.2, -0.15) is 0 Å². The average molecular weight is 338 g/mol. The molecular weight excluding hydrogens is 316 g/mol. The summed E-state index contributed by atoms with van der Waals surface area (Å²) in [5.74, 6) is -2.40. The number of alkyl carbamates (subject to hydrolysis) is 1. The van der Waals surface area contributed by atoms with E-state index in [2.05, 4.69) is 5.32 Å². The average Bonchev–Trinajstić information content (AvgIpc) is 2.49. The number of carbonyl (C=O) groups is 3. The molecule has 4 N–H and O–H groups in total. The maximum Gasteiger partial charge on any atom is 0.408 e. The first-order valence-corrected chi connectivity index (χ1v) is 7.28. The van der Waals surface area contributed by atoms with Crippen molar-refractivity contribution in [2.24, 2.45) is 5.73 Å². The third-order valence-electron chi connectivity index (χ3n) is 2.79. The lowest BCUT2D eigenvalue weighted by molar-refractivity contribution is -0.160. The van der Waals surface area contributed by atoms with E-state index in [9.17, 15) is 14.4 Å². The van der Waals surface area contributed by atoms with Crippen LogP contribution in [0.15, 0.2) is 30.3 Å². The number of carboxylic acids is 1. The maximum absolute atomic E-state index is 12.1. The van der Waals surface area contributed by atoms with E-state index < -0.39 is 35.7 Å². The quantitative estimate of drug-likeness (QED) is 0.661. The highest BCUT2D eigenvalue weighted by Crippen LogP contribution is 2.10. The lowest BCUT2D eigenvalue weighted by Crippen LogP contribution is -2.57. The topological polar surface area (TPSA) is 128 Å². The van der Waals surface area contributed by atoms with Crippen LogP contribution < -0.4 is 11.1 Å². The van der Waals surface area contributed by atoms with Gasteiger partial charge in [0.05, 0.1) is 0 Å². The molecule has 0 heterocycles. The Bertz CT molecular complexity index is 582. The van der Waals surface area contributed by atoms with Crippen LogP contribution in [0.4, 0.5) is 4.79 Å². The maximum atomic E-state index is 12.1. The first kappa shape index (κ1) is 19.4. The Kier molecular flexibility index (Phi) is 6.72. The van der Waals surface area contributed by atoms with E-state index in [1.165, 1.54) is 0 Å². The van der Waals surface area contributed by atoms with Gasteiger partial charge in [-0.1, -0.05) is 30.3 Å². The summed E-state index contributed by atoms with van der Waals surface area (Å²) in [6.45, 7) is 4.81. The molecule has 1 aromatic rings. The zero-order chi connectivity index (χ0) is 18.3. The molecule has 0 aliphatic heterocycles. The molecule has 0 aliphatic rings. The summed E-state index contributed by atoms with van der Waals surface area (Å²) in [5.41, 5.74) is 5.35. The molecule has 0 aromatic heterocycles. The Balaban J connectivity index is 2.71. The van der Waals surface area contributed by atoms with E-state index in [-0.39, 0.29) is 6.61 Å². The second-order valence-corrected chi connectivity index (χ2v) is 6.08. The van der Waals surface area contributed by atoms with Crippen molar-refractivity contribution in [1.29, 1.82) is 0 Å². The number of nitrogens with one attached hydrogen (secondary N) is 1. The van der Waals surface area contributed by atoms with Gasteiger partial charge in [-0.25, -0.2) is 9.59 Å². The molecule has 8 nitrogen and oxygen atoms in total. The summed E-state index contributed by atoms with van der Waals surface area (Å²) in [4.78, 5) is 35.0. The van der Waals surface area contributed by atoms with Crippen molar-refractivity contribution in [3.05, 3.63) is 35.9 Å². The third kappa shape index (κ3) is 6.66. The number of hydrogen-bond donors (Lipinski definition) is 3. The molecule has 0 saturated heterocycles. The normalized spacial score (nSPS) is 13.5. The van der Waals surface area contributed by atoms with Gasteiger partial charge in [0.1, 0.15) is 18.2 Å². The second-order valence-electron chi connectivity index (χ2n) is 6.08. The van der Waals surface area contributed by atoms with Crippen molar-refractivity contribution in [2.45, 2.75) is 45.1 Å². The minimum Gasteiger partial charge on any atom is -0.480 e. The zero-order valence-electron chi connectivity index (χ0n) is 13.8. The third-order valence-corrected chi connectivity index (χ3v) is 2.79. The number of rotatable bonds is 6. The molecule has 0 bridgehead atoms. The number of amides is 1. The Morgan fingerprint density at radius 1 is 1.21 bits per heavy atom. The van der Waals surface area contributed by atoms with E-state index in [1.54, 1.807) is 45.0 Å². The molecule has 2 unspecified atom stereocenters. The molecule has 132 valence electrons. The molecule has 0 aliphatic carbocycles. The van der Waals surface area contributed by atoms with Gasteiger partial charge in [-0.15, -0.1) is 0 Å². The minimum absolute atomic E-state index is 0.0317. The minimum atomic E-state index is -1.66. The van der Waals surface area contributed by atoms with Crippen LogP contribution in [0.1, 0.15) is 26.3 Å². The van der Waals surface area contributed by atoms with Gasteiger partial charge >= 0.3 is 18.0 Å². The van der Waals surface area contributed by atoms with Gasteiger partial charge in [0.25, 0.3) is 0 Å². The van der Waals surface area contributed by atoms with Crippen LogP contribution in [0.25, 0.3) is 0 Å². The Labute approximate surface area is 139 Å². The van der Waals surface area contributed by atoms with Crippen molar-refractivity contribution in [1.82, 2.24) is 5.32 Å². The van der Waals surface area contributed by atoms with Crippen molar-refractivity contribution in [3.63, 3.8) is 0 Å². The van der Waals surface area contributed by atoms with Crippen LogP contribution in [0.3, 0.4) is 0 Å². The first-order chi connectivity index (χ1) is 11.1. The van der Waals surface area contributed by atoms with Crippen LogP contribution in [0, 0.1) is 0 Å². The predicted octanol–water partition coefficient (Wildman–Crippen LogP) is 1.03. The van der Waals surface area contributed by atoms with E-state index in [1.807, 2.05) is 6.07 Å². The lowest BCUT2D eigenvalue weighted by atomic mass is 10.1. The number of carboxylic acid groups (broad SMARTS) is 1. The van der Waals surface area contributed by atoms with Crippen molar-refractivity contribution >= 4 is 18.0 Å². The summed E-state index contributed by atoms with van der Waals surface area (Å²) in [6, 6.07) is 5.65. The number of benzene rings is 1. The zero-order valence-corrected chi connectivity index (χ0v) is 13.8. The van der Waals surface area contributed by atoms with Gasteiger partial charge in [0.2, 0.25) is 0 Å². The summed E-state index contributed by atoms with van der Waals surface area (Å²) < 4.78 is 10.0. The summed E-state index contributed by atoms with van der Waals surface area (Å²) in [7, 11) is 0. The van der Waals surface area contributed by atoms with Crippen molar-refractivity contribution < 1.29 is 29.0 Å². The van der Waals surface area contributed by atoms with Crippen molar-refractivity contribution in [2.75, 3.05) is 0 Å². The largest absolute Gasteiger partial charge is 0.480 e. The molecule has 2 atom stereocenters. The SMILES string of the molecule is CC(C)(C)OC(=O)C(NC(=O)OCc1ccccc1)C(N)C(=O)O. The number of nitrogens with two attached hydrogens (primary N) is 1. The highest BCUT2D eigenvalue weighted by molar-refractivity contribution is 5.89. The number of esters is 1. The number of carbonyl (C=O) groups excluding carboxylic acids is 2. The molecule has 0 saturated carbocycles. The first-order valence-electron chi connectivity index (χ1n) is 7.28. The highest BCUT2D eigenvalue weighted by atomic mass is 16.6. The number of aliphatic carboxylic acids is 1. The Morgan fingerprint density at radius 2 is 1.79 bits per heavy atom. The van der Waals surface area contributed by atoms with E-state index >= 15 is 0 Å². The molecular formula is C16H22N2O6. The lowest BCUT2D eigenvalue weighted by Gasteiger charge is -2.26. The van der Waals surface area contributed by atoms with Gasteiger partial charge in [0.15, 0.2) is 6.04 Å². The van der Waals surface area contributed by atoms with Crippen LogP contribution in [0.5, 0.6) is 0 Å². The molecule has 1 aromatic carbocycles. The Morgan fingerprint density at radius 3 is 2.29 bits per heavy atom. The molecule has 24 heavy (non-hydrogen) atoms. The molecule has 8 heteroatoms.